The van der Waals surface area contributed by atoms with E-state index in [1.165, 1.54) is 0 Å². The van der Waals surface area contributed by atoms with E-state index in [1.807, 2.05) is 0 Å². The quantitative estimate of drug-likeness (QED) is 0.351. The van der Waals surface area contributed by atoms with E-state index in [0.717, 1.165) is 6.42 Å². The molecule has 1 unspecified atom stereocenters. The normalized spacial score (nSPS) is 22.5. The molecule has 1 aliphatic heterocycles. The lowest BCUT2D eigenvalue weighted by Gasteiger charge is -2.09. The molecule has 0 aromatic carbocycles. The molecule has 1 fully saturated rings. The summed E-state index contributed by atoms with van der Waals surface area (Å²) in [7, 11) is 0. The van der Waals surface area contributed by atoms with E-state index < -0.39 is 0 Å². The third-order valence-electron chi connectivity index (χ3n) is 2.30. The first kappa shape index (κ1) is 14.1. The van der Waals surface area contributed by atoms with Gasteiger partial charge in [0, 0.05) is 6.61 Å². The van der Waals surface area contributed by atoms with E-state index >= 15 is 0 Å². The Labute approximate surface area is 106 Å². The number of ether oxygens (including phenoxy) is 2. The lowest BCUT2D eigenvalue weighted by Crippen LogP contribution is -2.20. The standard InChI is InChI=1S/C10H19ClN4O2/c11-9(15-7-2-5-16-6-7)8(13)10(14)17-4-1-3-12/h7H,1-6,12-14H2. The number of allylic oxidation sites excluding steroid dienone is 1. The Morgan fingerprint density at radius 3 is 2.82 bits per heavy atom. The van der Waals surface area contributed by atoms with Gasteiger partial charge in [0.25, 0.3) is 0 Å². The Morgan fingerprint density at radius 2 is 2.24 bits per heavy atom. The van der Waals surface area contributed by atoms with Crippen molar-refractivity contribution in [2.75, 3.05) is 26.4 Å². The highest BCUT2D eigenvalue weighted by atomic mass is 35.5. The molecule has 1 saturated heterocycles. The maximum atomic E-state index is 5.95. The molecule has 1 aliphatic rings. The summed E-state index contributed by atoms with van der Waals surface area (Å²) in [5.74, 6) is 0.0890. The third kappa shape index (κ3) is 4.80. The van der Waals surface area contributed by atoms with Crippen LogP contribution in [0.25, 0.3) is 0 Å². The lowest BCUT2D eigenvalue weighted by atomic mass is 10.3. The molecule has 1 atom stereocenters. The highest BCUT2D eigenvalue weighted by Gasteiger charge is 2.16. The molecule has 0 amide bonds. The molecular weight excluding hydrogens is 244 g/mol. The van der Waals surface area contributed by atoms with E-state index in [-0.39, 0.29) is 22.8 Å². The summed E-state index contributed by atoms with van der Waals surface area (Å²) in [5, 5.41) is 0.172. The largest absolute Gasteiger partial charge is 0.478 e. The Balaban J connectivity index is 2.52. The molecule has 0 spiro atoms. The number of aliphatic imine (C=N–C) groups is 1. The molecule has 17 heavy (non-hydrogen) atoms. The van der Waals surface area contributed by atoms with Crippen molar-refractivity contribution in [3.63, 3.8) is 0 Å². The zero-order valence-corrected chi connectivity index (χ0v) is 10.4. The zero-order chi connectivity index (χ0) is 12.7. The number of halogens is 1. The fourth-order valence-corrected chi connectivity index (χ4v) is 1.53. The molecule has 1 heterocycles. The van der Waals surface area contributed by atoms with Crippen LogP contribution in [-0.2, 0) is 9.47 Å². The van der Waals surface area contributed by atoms with Crippen LogP contribution in [0, 0.1) is 0 Å². The van der Waals surface area contributed by atoms with Crippen molar-refractivity contribution in [1.82, 2.24) is 0 Å². The summed E-state index contributed by atoms with van der Waals surface area (Å²) >= 11 is 5.95. The monoisotopic (exact) mass is 262 g/mol. The molecule has 0 bridgehead atoms. The minimum absolute atomic E-state index is 0.0536. The molecule has 1 rings (SSSR count). The molecule has 0 radical (unpaired) electrons. The second kappa shape index (κ2) is 7.37. The van der Waals surface area contributed by atoms with Gasteiger partial charge in [-0.05, 0) is 19.4 Å². The van der Waals surface area contributed by atoms with Crippen LogP contribution in [-0.4, -0.2) is 37.6 Å². The summed E-state index contributed by atoms with van der Waals surface area (Å²) < 4.78 is 10.4. The average Bonchev–Trinajstić information content (AvgIpc) is 2.81. The van der Waals surface area contributed by atoms with Crippen LogP contribution in [0.4, 0.5) is 0 Å². The predicted molar refractivity (Wildman–Crippen MR) is 67.5 cm³/mol. The van der Waals surface area contributed by atoms with Crippen molar-refractivity contribution < 1.29 is 9.47 Å². The van der Waals surface area contributed by atoms with Gasteiger partial charge < -0.3 is 26.7 Å². The van der Waals surface area contributed by atoms with Gasteiger partial charge >= 0.3 is 0 Å². The van der Waals surface area contributed by atoms with Crippen LogP contribution in [0.1, 0.15) is 12.8 Å². The summed E-state index contributed by atoms with van der Waals surface area (Å²) in [4.78, 5) is 4.21. The number of hydrogen-bond donors (Lipinski definition) is 3. The smallest absolute Gasteiger partial charge is 0.211 e. The second-order valence-electron chi connectivity index (χ2n) is 3.71. The maximum absolute atomic E-state index is 5.95. The number of nitrogens with zero attached hydrogens (tertiary/aromatic N) is 1. The van der Waals surface area contributed by atoms with Crippen LogP contribution in [0.3, 0.4) is 0 Å². The molecule has 6 nitrogen and oxygen atoms in total. The van der Waals surface area contributed by atoms with E-state index in [9.17, 15) is 0 Å². The third-order valence-corrected chi connectivity index (χ3v) is 2.60. The van der Waals surface area contributed by atoms with Crippen molar-refractivity contribution in [1.29, 1.82) is 0 Å². The average molecular weight is 263 g/mol. The molecule has 98 valence electrons. The van der Waals surface area contributed by atoms with Crippen molar-refractivity contribution >= 4 is 16.8 Å². The molecule has 0 saturated carbocycles. The van der Waals surface area contributed by atoms with Crippen LogP contribution in [0.15, 0.2) is 16.6 Å². The molecule has 0 aromatic heterocycles. The Kier molecular flexibility index (Phi) is 6.10. The minimum Gasteiger partial charge on any atom is -0.478 e. The fraction of sp³-hybridized carbons (Fsp3) is 0.700. The Hall–Kier alpha value is -0.980. The predicted octanol–water partition coefficient (Wildman–Crippen LogP) is -0.135. The topological polar surface area (TPSA) is 109 Å². The van der Waals surface area contributed by atoms with Crippen molar-refractivity contribution in [3.05, 3.63) is 11.6 Å². The van der Waals surface area contributed by atoms with Gasteiger partial charge in [-0.25, -0.2) is 0 Å². The molecule has 0 aliphatic carbocycles. The van der Waals surface area contributed by atoms with Gasteiger partial charge in [-0.1, -0.05) is 11.6 Å². The van der Waals surface area contributed by atoms with Gasteiger partial charge in [0.1, 0.15) is 5.70 Å². The highest BCUT2D eigenvalue weighted by molar-refractivity contribution is 6.69. The van der Waals surface area contributed by atoms with Gasteiger partial charge in [0.15, 0.2) is 5.17 Å². The van der Waals surface area contributed by atoms with Gasteiger partial charge in [-0.15, -0.1) is 0 Å². The van der Waals surface area contributed by atoms with E-state index in [1.54, 1.807) is 0 Å². The number of hydrogen-bond acceptors (Lipinski definition) is 6. The SMILES string of the molecule is NCCCOC(N)=C(N)C(Cl)=NC1CCOC1. The van der Waals surface area contributed by atoms with Crippen molar-refractivity contribution in [3.8, 4) is 0 Å². The van der Waals surface area contributed by atoms with Gasteiger partial charge in [0.2, 0.25) is 5.88 Å². The first-order chi connectivity index (χ1) is 8.15. The van der Waals surface area contributed by atoms with Gasteiger partial charge in [-0.2, -0.15) is 0 Å². The summed E-state index contributed by atoms with van der Waals surface area (Å²) in [6.07, 6.45) is 1.55. The van der Waals surface area contributed by atoms with Crippen LogP contribution in [0.2, 0.25) is 0 Å². The molecule has 0 aromatic rings. The van der Waals surface area contributed by atoms with Gasteiger partial charge in [-0.3, -0.25) is 4.99 Å². The first-order valence-corrected chi connectivity index (χ1v) is 5.92. The van der Waals surface area contributed by atoms with E-state index in [0.29, 0.717) is 32.8 Å². The number of rotatable bonds is 6. The van der Waals surface area contributed by atoms with Crippen LogP contribution >= 0.6 is 11.6 Å². The number of nitrogens with two attached hydrogens (primary N) is 3. The molecule has 6 N–H and O–H groups in total. The molecule has 7 heteroatoms. The molecular formula is C10H19ClN4O2. The van der Waals surface area contributed by atoms with E-state index in [4.69, 9.17) is 38.3 Å². The van der Waals surface area contributed by atoms with Crippen LogP contribution < -0.4 is 17.2 Å². The van der Waals surface area contributed by atoms with Crippen molar-refractivity contribution in [2.24, 2.45) is 22.2 Å². The Morgan fingerprint density at radius 1 is 1.47 bits per heavy atom. The lowest BCUT2D eigenvalue weighted by molar-refractivity contribution is 0.194. The minimum atomic E-state index is 0.0536. The fourth-order valence-electron chi connectivity index (χ4n) is 1.30. The second-order valence-corrected chi connectivity index (χ2v) is 4.06. The first-order valence-electron chi connectivity index (χ1n) is 5.54. The summed E-state index contributed by atoms with van der Waals surface area (Å²) in [6, 6.07) is 0.0536. The zero-order valence-electron chi connectivity index (χ0n) is 9.69. The van der Waals surface area contributed by atoms with E-state index in [2.05, 4.69) is 4.99 Å². The maximum Gasteiger partial charge on any atom is 0.211 e. The van der Waals surface area contributed by atoms with Crippen LogP contribution in [0.5, 0.6) is 0 Å². The summed E-state index contributed by atoms with van der Waals surface area (Å²) in [6.45, 7) is 2.22. The van der Waals surface area contributed by atoms with Gasteiger partial charge in [0.05, 0.1) is 19.3 Å². The Bertz CT molecular complexity index is 301. The highest BCUT2D eigenvalue weighted by Crippen LogP contribution is 2.11. The summed E-state index contributed by atoms with van der Waals surface area (Å²) in [5.41, 5.74) is 16.8. The van der Waals surface area contributed by atoms with Crippen molar-refractivity contribution in [2.45, 2.75) is 18.9 Å².